The van der Waals surface area contributed by atoms with Crippen molar-refractivity contribution in [1.29, 1.82) is 5.26 Å². The number of nitrogens with zero attached hydrogens (tertiary/aromatic N) is 1. The van der Waals surface area contributed by atoms with Crippen molar-refractivity contribution in [3.63, 3.8) is 0 Å². The van der Waals surface area contributed by atoms with E-state index in [9.17, 15) is 0 Å². The summed E-state index contributed by atoms with van der Waals surface area (Å²) in [6.45, 7) is 4.27. The summed E-state index contributed by atoms with van der Waals surface area (Å²) in [7, 11) is 1.55. The van der Waals surface area contributed by atoms with Crippen LogP contribution < -0.4 is 0 Å². The maximum Gasteiger partial charge on any atom is 0.146 e. The van der Waals surface area contributed by atoms with E-state index < -0.39 is 0 Å². The topological polar surface area (TPSA) is 42.2 Å². The van der Waals surface area contributed by atoms with E-state index in [1.54, 1.807) is 7.11 Å². The quantitative estimate of drug-likeness (QED) is 0.327. The SMILES string of the molecule is C=C(C#N)CCOCOC. The van der Waals surface area contributed by atoms with Gasteiger partial charge in [-0.1, -0.05) is 6.58 Å². The number of hydrogen-bond donors (Lipinski definition) is 0. The molecule has 0 aromatic heterocycles. The zero-order valence-electron chi connectivity index (χ0n) is 6.09. The first-order chi connectivity index (χ1) is 4.81. The number of methoxy groups -OCH3 is 1. The minimum absolute atomic E-state index is 0.276. The van der Waals surface area contributed by atoms with E-state index in [0.29, 0.717) is 18.6 Å². The number of nitriles is 1. The van der Waals surface area contributed by atoms with E-state index in [4.69, 9.17) is 10.00 Å². The third-order valence-electron chi connectivity index (χ3n) is 0.907. The number of hydrogen-bond acceptors (Lipinski definition) is 3. The zero-order valence-corrected chi connectivity index (χ0v) is 6.09. The molecule has 0 atom stereocenters. The van der Waals surface area contributed by atoms with Crippen LogP contribution >= 0.6 is 0 Å². The summed E-state index contributed by atoms with van der Waals surface area (Å²) in [5.41, 5.74) is 0.538. The lowest BCUT2D eigenvalue weighted by molar-refractivity contribution is -0.0289. The average Bonchev–Trinajstić information content (AvgIpc) is 1.98. The van der Waals surface area contributed by atoms with Gasteiger partial charge in [-0.05, 0) is 0 Å². The molecule has 0 amide bonds. The minimum Gasteiger partial charge on any atom is -0.359 e. The zero-order chi connectivity index (χ0) is 7.82. The van der Waals surface area contributed by atoms with E-state index in [1.807, 2.05) is 6.07 Å². The van der Waals surface area contributed by atoms with Crippen molar-refractivity contribution in [3.8, 4) is 6.07 Å². The van der Waals surface area contributed by atoms with Crippen LogP contribution in [0, 0.1) is 11.3 Å². The second-order valence-electron chi connectivity index (χ2n) is 1.78. The summed E-state index contributed by atoms with van der Waals surface area (Å²) in [6.07, 6.45) is 0.583. The molecular formula is C7H11NO2. The van der Waals surface area contributed by atoms with Gasteiger partial charge in [0.1, 0.15) is 6.79 Å². The van der Waals surface area contributed by atoms with Crippen LogP contribution in [0.15, 0.2) is 12.2 Å². The lowest BCUT2D eigenvalue weighted by Crippen LogP contribution is -1.98. The van der Waals surface area contributed by atoms with E-state index in [0.717, 1.165) is 0 Å². The van der Waals surface area contributed by atoms with Crippen LogP contribution in [0.3, 0.4) is 0 Å². The smallest absolute Gasteiger partial charge is 0.146 e. The van der Waals surface area contributed by atoms with Gasteiger partial charge in [-0.3, -0.25) is 0 Å². The normalized spacial score (nSPS) is 8.80. The van der Waals surface area contributed by atoms with Gasteiger partial charge >= 0.3 is 0 Å². The number of rotatable bonds is 5. The molecule has 0 unspecified atom stereocenters. The molecular weight excluding hydrogens is 130 g/mol. The van der Waals surface area contributed by atoms with Crippen molar-refractivity contribution in [1.82, 2.24) is 0 Å². The summed E-state index contributed by atoms with van der Waals surface area (Å²) in [6, 6.07) is 1.93. The van der Waals surface area contributed by atoms with E-state index in [-0.39, 0.29) is 6.79 Å². The van der Waals surface area contributed by atoms with Gasteiger partial charge in [0, 0.05) is 19.1 Å². The molecule has 56 valence electrons. The summed E-state index contributed by atoms with van der Waals surface area (Å²) in [4.78, 5) is 0. The van der Waals surface area contributed by atoms with Crippen LogP contribution in [0.4, 0.5) is 0 Å². The van der Waals surface area contributed by atoms with Gasteiger partial charge in [0.25, 0.3) is 0 Å². The average molecular weight is 141 g/mol. The Labute approximate surface area is 60.9 Å². The highest BCUT2D eigenvalue weighted by Crippen LogP contribution is 1.94. The fourth-order valence-corrected chi connectivity index (χ4v) is 0.394. The molecule has 3 nitrogen and oxygen atoms in total. The van der Waals surface area contributed by atoms with Gasteiger partial charge < -0.3 is 9.47 Å². The molecule has 10 heavy (non-hydrogen) atoms. The monoisotopic (exact) mass is 141 g/mol. The molecule has 0 bridgehead atoms. The molecule has 0 aliphatic heterocycles. The highest BCUT2D eigenvalue weighted by Gasteiger charge is 1.90. The maximum absolute atomic E-state index is 8.25. The number of ether oxygens (including phenoxy) is 2. The first-order valence-corrected chi connectivity index (χ1v) is 2.95. The Balaban J connectivity index is 3.06. The van der Waals surface area contributed by atoms with Gasteiger partial charge in [-0.15, -0.1) is 0 Å². The second kappa shape index (κ2) is 6.27. The molecule has 0 spiro atoms. The van der Waals surface area contributed by atoms with Crippen molar-refractivity contribution in [2.45, 2.75) is 6.42 Å². The minimum atomic E-state index is 0.276. The van der Waals surface area contributed by atoms with Crippen molar-refractivity contribution < 1.29 is 9.47 Å². The van der Waals surface area contributed by atoms with Crippen LogP contribution in [0.5, 0.6) is 0 Å². The fourth-order valence-electron chi connectivity index (χ4n) is 0.394. The van der Waals surface area contributed by atoms with Crippen LogP contribution in [-0.2, 0) is 9.47 Å². The predicted molar refractivity (Wildman–Crippen MR) is 37.2 cm³/mol. The van der Waals surface area contributed by atoms with Crippen molar-refractivity contribution in [3.05, 3.63) is 12.2 Å². The lowest BCUT2D eigenvalue weighted by atomic mass is 10.2. The Bertz CT molecular complexity index is 137. The summed E-state index contributed by atoms with van der Waals surface area (Å²) in [5, 5.41) is 8.25. The molecule has 0 fully saturated rings. The Morgan fingerprint density at radius 2 is 2.40 bits per heavy atom. The second-order valence-corrected chi connectivity index (χ2v) is 1.78. The van der Waals surface area contributed by atoms with E-state index in [2.05, 4.69) is 11.3 Å². The molecule has 0 aliphatic rings. The van der Waals surface area contributed by atoms with Gasteiger partial charge in [0.2, 0.25) is 0 Å². The maximum atomic E-state index is 8.25. The molecule has 0 heterocycles. The third kappa shape index (κ3) is 5.29. The predicted octanol–water partition coefficient (Wildman–Crippen LogP) is 1.08. The van der Waals surface area contributed by atoms with Crippen molar-refractivity contribution in [2.24, 2.45) is 0 Å². The van der Waals surface area contributed by atoms with Crippen LogP contribution in [-0.4, -0.2) is 20.5 Å². The molecule has 0 saturated carbocycles. The lowest BCUT2D eigenvalue weighted by Gasteiger charge is -1.99. The first kappa shape index (κ1) is 9.15. The molecule has 0 aliphatic carbocycles. The van der Waals surface area contributed by atoms with Gasteiger partial charge in [-0.2, -0.15) is 5.26 Å². The first-order valence-electron chi connectivity index (χ1n) is 2.95. The Morgan fingerprint density at radius 3 is 2.90 bits per heavy atom. The molecule has 3 heteroatoms. The Hall–Kier alpha value is -0.850. The van der Waals surface area contributed by atoms with Crippen molar-refractivity contribution in [2.75, 3.05) is 20.5 Å². The molecule has 0 aromatic rings. The van der Waals surface area contributed by atoms with Crippen LogP contribution in [0.2, 0.25) is 0 Å². The molecule has 0 N–H and O–H groups in total. The summed E-state index contributed by atoms with van der Waals surface area (Å²) < 4.78 is 9.54. The van der Waals surface area contributed by atoms with E-state index >= 15 is 0 Å². The highest BCUT2D eigenvalue weighted by atomic mass is 16.7. The van der Waals surface area contributed by atoms with Crippen LogP contribution in [0.25, 0.3) is 0 Å². The largest absolute Gasteiger partial charge is 0.359 e. The van der Waals surface area contributed by atoms with Gasteiger partial charge in [0.15, 0.2) is 0 Å². The van der Waals surface area contributed by atoms with Gasteiger partial charge in [0.05, 0.1) is 12.7 Å². The molecule has 0 saturated heterocycles. The van der Waals surface area contributed by atoms with Crippen molar-refractivity contribution >= 4 is 0 Å². The molecule has 0 radical (unpaired) electrons. The summed E-state index contributed by atoms with van der Waals surface area (Å²) in [5.74, 6) is 0. The molecule has 0 aromatic carbocycles. The Kier molecular flexibility index (Phi) is 5.74. The van der Waals surface area contributed by atoms with E-state index in [1.165, 1.54) is 0 Å². The van der Waals surface area contributed by atoms with Crippen LogP contribution in [0.1, 0.15) is 6.42 Å². The summed E-state index contributed by atoms with van der Waals surface area (Å²) >= 11 is 0. The fraction of sp³-hybridized carbons (Fsp3) is 0.571. The standard InChI is InChI=1S/C7H11NO2/c1-7(5-8)3-4-10-6-9-2/h1,3-4,6H2,2H3. The van der Waals surface area contributed by atoms with Gasteiger partial charge in [-0.25, -0.2) is 0 Å². The third-order valence-corrected chi connectivity index (χ3v) is 0.907. The molecule has 0 rings (SSSR count). The highest BCUT2D eigenvalue weighted by molar-refractivity contribution is 5.15. The Morgan fingerprint density at radius 1 is 1.70 bits per heavy atom.